The summed E-state index contributed by atoms with van der Waals surface area (Å²) >= 11 is 0. The normalized spacial score (nSPS) is 16.1. The molecule has 1 atom stereocenters. The molecule has 0 saturated carbocycles. The van der Waals surface area contributed by atoms with Gasteiger partial charge in [-0.15, -0.1) is 0 Å². The predicted octanol–water partition coefficient (Wildman–Crippen LogP) is 5.02. The number of methoxy groups -OCH3 is 1. The summed E-state index contributed by atoms with van der Waals surface area (Å²) in [4.78, 5) is 13.6. The summed E-state index contributed by atoms with van der Waals surface area (Å²) in [5.74, 6) is 1.20. The number of aryl methyl sites for hydroxylation is 1. The Morgan fingerprint density at radius 1 is 1.11 bits per heavy atom. The van der Waals surface area contributed by atoms with Gasteiger partial charge in [-0.1, -0.05) is 29.8 Å². The number of sulfonamides is 1. The maximum absolute atomic E-state index is 13.9. The first kappa shape index (κ1) is 27.3. The number of rotatable bonds is 9. The van der Waals surface area contributed by atoms with E-state index in [0.717, 1.165) is 15.4 Å². The minimum absolute atomic E-state index is 0.0897. The number of hydrogen-bond donors (Lipinski definition) is 1. The van der Waals surface area contributed by atoms with Gasteiger partial charge in [0, 0.05) is 18.1 Å². The average molecular weight is 539 g/mol. The zero-order valence-corrected chi connectivity index (χ0v) is 23.2. The molecule has 1 N–H and O–H groups in total. The number of nitrogens with one attached hydrogen (secondary N) is 1. The summed E-state index contributed by atoms with van der Waals surface area (Å²) in [6.45, 7) is 7.52. The Hall–Kier alpha value is -3.72. The lowest BCUT2D eigenvalue weighted by Gasteiger charge is -2.38. The van der Waals surface area contributed by atoms with Gasteiger partial charge in [0.2, 0.25) is 5.91 Å². The second kappa shape index (κ2) is 10.9. The third kappa shape index (κ3) is 5.88. The van der Waals surface area contributed by atoms with Crippen molar-refractivity contribution in [3.63, 3.8) is 0 Å². The van der Waals surface area contributed by atoms with E-state index in [1.165, 1.54) is 0 Å². The Kier molecular flexibility index (Phi) is 7.87. The predicted molar refractivity (Wildman–Crippen MR) is 147 cm³/mol. The number of nitrogens with zero attached hydrogens (tertiary/aromatic N) is 1. The van der Waals surface area contributed by atoms with E-state index >= 15 is 0 Å². The summed E-state index contributed by atoms with van der Waals surface area (Å²) in [7, 11) is -2.51. The van der Waals surface area contributed by atoms with Gasteiger partial charge in [-0.25, -0.2) is 8.42 Å². The van der Waals surface area contributed by atoms with E-state index in [1.807, 2.05) is 39.8 Å². The molecule has 1 heterocycles. The molecule has 202 valence electrons. The van der Waals surface area contributed by atoms with E-state index in [2.05, 4.69) is 5.32 Å². The smallest absolute Gasteiger partial charge is 0.264 e. The quantitative estimate of drug-likeness (QED) is 0.411. The van der Waals surface area contributed by atoms with Crippen molar-refractivity contribution < 1.29 is 27.4 Å². The minimum atomic E-state index is -4.09. The number of fused-ring (bicyclic) bond motifs is 1. The number of amides is 1. The third-order valence-electron chi connectivity index (χ3n) is 6.34. The van der Waals surface area contributed by atoms with Crippen molar-refractivity contribution in [2.45, 2.75) is 50.7 Å². The molecule has 8 nitrogen and oxygen atoms in total. The maximum Gasteiger partial charge on any atom is 0.264 e. The van der Waals surface area contributed by atoms with Gasteiger partial charge in [0.1, 0.15) is 29.4 Å². The van der Waals surface area contributed by atoms with Crippen molar-refractivity contribution in [3.8, 4) is 17.2 Å². The Balaban J connectivity index is 1.68. The van der Waals surface area contributed by atoms with Gasteiger partial charge < -0.3 is 19.5 Å². The van der Waals surface area contributed by atoms with Crippen LogP contribution in [0.2, 0.25) is 0 Å². The van der Waals surface area contributed by atoms with Gasteiger partial charge >= 0.3 is 0 Å². The number of para-hydroxylation sites is 2. The SMILES string of the molecule is CCOc1ccccc1N(CC(=O)NC1CC(C)(C)Oc2cc(OC)ccc21)S(=O)(=O)c1ccc(C)cc1. The molecule has 0 radical (unpaired) electrons. The van der Waals surface area contributed by atoms with Gasteiger partial charge in [0.15, 0.2) is 0 Å². The van der Waals surface area contributed by atoms with Gasteiger partial charge in [0.25, 0.3) is 10.0 Å². The van der Waals surface area contributed by atoms with Crippen LogP contribution in [-0.4, -0.2) is 40.2 Å². The van der Waals surface area contributed by atoms with Crippen molar-refractivity contribution in [1.82, 2.24) is 5.32 Å². The molecule has 0 aromatic heterocycles. The number of benzene rings is 3. The lowest BCUT2D eigenvalue weighted by atomic mass is 9.89. The fraction of sp³-hybridized carbons (Fsp3) is 0.345. The monoisotopic (exact) mass is 538 g/mol. The summed E-state index contributed by atoms with van der Waals surface area (Å²) < 4.78 is 46.0. The standard InChI is InChI=1S/C29H34N2O6S/c1-6-36-26-10-8-7-9-25(26)31(38(33,34)22-14-11-20(2)12-15-22)19-28(32)30-24-18-29(3,4)37-27-17-21(35-5)13-16-23(24)27/h7-17,24H,6,18-19H2,1-5H3,(H,30,32). The highest BCUT2D eigenvalue weighted by atomic mass is 32.2. The van der Waals surface area contributed by atoms with Crippen molar-refractivity contribution in [2.75, 3.05) is 24.6 Å². The number of ether oxygens (including phenoxy) is 3. The molecule has 1 aliphatic rings. The van der Waals surface area contributed by atoms with Crippen LogP contribution < -0.4 is 23.8 Å². The number of carbonyl (C=O) groups excluding carboxylic acids is 1. The van der Waals surface area contributed by atoms with Crippen molar-refractivity contribution in [1.29, 1.82) is 0 Å². The minimum Gasteiger partial charge on any atom is -0.497 e. The highest BCUT2D eigenvalue weighted by Crippen LogP contribution is 2.41. The molecule has 0 aliphatic carbocycles. The zero-order valence-electron chi connectivity index (χ0n) is 22.4. The Morgan fingerprint density at radius 3 is 2.50 bits per heavy atom. The summed E-state index contributed by atoms with van der Waals surface area (Å²) in [5, 5.41) is 3.05. The van der Waals surface area contributed by atoms with Crippen molar-refractivity contribution in [2.24, 2.45) is 0 Å². The van der Waals surface area contributed by atoms with Gasteiger partial charge in [0.05, 0.1) is 30.3 Å². The van der Waals surface area contributed by atoms with Gasteiger partial charge in [-0.3, -0.25) is 9.10 Å². The summed E-state index contributed by atoms with van der Waals surface area (Å²) in [5.41, 5.74) is 1.48. The van der Waals surface area contributed by atoms with E-state index in [-0.39, 0.29) is 10.9 Å². The van der Waals surface area contributed by atoms with Crippen LogP contribution in [0.25, 0.3) is 0 Å². The first-order valence-electron chi connectivity index (χ1n) is 12.5. The second-order valence-electron chi connectivity index (χ2n) is 9.82. The molecule has 0 saturated heterocycles. The largest absolute Gasteiger partial charge is 0.497 e. The summed E-state index contributed by atoms with van der Waals surface area (Å²) in [6, 6.07) is 18.5. The molecule has 1 aliphatic heterocycles. The lowest BCUT2D eigenvalue weighted by Crippen LogP contribution is -2.45. The molecule has 1 amide bonds. The average Bonchev–Trinajstić information content (AvgIpc) is 2.87. The van der Waals surface area contributed by atoms with Gasteiger partial charge in [-0.2, -0.15) is 0 Å². The molecule has 38 heavy (non-hydrogen) atoms. The highest BCUT2D eigenvalue weighted by Gasteiger charge is 2.36. The Morgan fingerprint density at radius 2 is 1.82 bits per heavy atom. The first-order chi connectivity index (χ1) is 18.0. The Labute approximate surface area is 224 Å². The number of carbonyl (C=O) groups is 1. The third-order valence-corrected chi connectivity index (χ3v) is 8.12. The molecule has 0 bridgehead atoms. The molecule has 9 heteroatoms. The second-order valence-corrected chi connectivity index (χ2v) is 11.7. The van der Waals surface area contributed by atoms with Crippen LogP contribution in [0.4, 0.5) is 5.69 Å². The highest BCUT2D eigenvalue weighted by molar-refractivity contribution is 7.92. The molecular formula is C29H34N2O6S. The first-order valence-corrected chi connectivity index (χ1v) is 14.0. The van der Waals surface area contributed by atoms with Crippen molar-refractivity contribution in [3.05, 3.63) is 77.9 Å². The molecule has 4 rings (SSSR count). The van der Waals surface area contributed by atoms with Crippen LogP contribution in [0.3, 0.4) is 0 Å². The van der Waals surface area contributed by atoms with Gasteiger partial charge in [-0.05, 0) is 64.1 Å². The molecule has 1 unspecified atom stereocenters. The van der Waals surface area contributed by atoms with E-state index in [0.29, 0.717) is 36.0 Å². The van der Waals surface area contributed by atoms with Crippen LogP contribution in [0.15, 0.2) is 71.6 Å². The fourth-order valence-corrected chi connectivity index (χ4v) is 5.97. The van der Waals surface area contributed by atoms with E-state index < -0.39 is 28.1 Å². The lowest BCUT2D eigenvalue weighted by molar-refractivity contribution is -0.120. The van der Waals surface area contributed by atoms with Crippen LogP contribution in [0.5, 0.6) is 17.2 Å². The number of hydrogen-bond acceptors (Lipinski definition) is 6. The fourth-order valence-electron chi connectivity index (χ4n) is 4.54. The molecule has 3 aromatic rings. The van der Waals surface area contributed by atoms with Crippen LogP contribution >= 0.6 is 0 Å². The van der Waals surface area contributed by atoms with Crippen LogP contribution in [0.1, 0.15) is 44.4 Å². The van der Waals surface area contributed by atoms with E-state index in [1.54, 1.807) is 61.7 Å². The summed E-state index contributed by atoms with van der Waals surface area (Å²) in [6.07, 6.45) is 0.512. The maximum atomic E-state index is 13.9. The zero-order chi connectivity index (χ0) is 27.5. The molecule has 0 spiro atoms. The number of anilines is 1. The topological polar surface area (TPSA) is 94.2 Å². The Bertz CT molecular complexity index is 1400. The van der Waals surface area contributed by atoms with E-state index in [4.69, 9.17) is 14.2 Å². The van der Waals surface area contributed by atoms with Crippen LogP contribution in [-0.2, 0) is 14.8 Å². The molecule has 0 fully saturated rings. The molecule has 3 aromatic carbocycles. The molecular weight excluding hydrogens is 504 g/mol. The van der Waals surface area contributed by atoms with Crippen molar-refractivity contribution >= 4 is 21.6 Å². The van der Waals surface area contributed by atoms with E-state index in [9.17, 15) is 13.2 Å². The van der Waals surface area contributed by atoms with Crippen LogP contribution in [0, 0.1) is 6.92 Å².